The van der Waals surface area contributed by atoms with E-state index in [2.05, 4.69) is 15.7 Å². The number of ether oxygens (including phenoxy) is 2. The molecule has 0 radical (unpaired) electrons. The molecule has 1 heterocycles. The average Bonchev–Trinajstić information content (AvgIpc) is 3.56. The summed E-state index contributed by atoms with van der Waals surface area (Å²) in [5, 5.41) is 10.9. The quantitative estimate of drug-likeness (QED) is 0.155. The highest BCUT2D eigenvalue weighted by atomic mass is 16.5. The summed E-state index contributed by atoms with van der Waals surface area (Å²) in [5.74, 6) is -0.870. The molecule has 0 aliphatic heterocycles. The van der Waals surface area contributed by atoms with Gasteiger partial charge in [0.2, 0.25) is 5.91 Å². The third-order valence-corrected chi connectivity index (χ3v) is 9.48. The Hall–Kier alpha value is -4.60. The number of nitrogens with one attached hydrogen (secondary N) is 2. The second kappa shape index (κ2) is 17.2. The Balaban J connectivity index is 1.15. The summed E-state index contributed by atoms with van der Waals surface area (Å²) in [7, 11) is 0. The number of carbonyl (C=O) groups excluding carboxylic acids is 3. The Labute approximate surface area is 288 Å². The maximum absolute atomic E-state index is 13.9. The topological polar surface area (TPSA) is 112 Å². The first-order chi connectivity index (χ1) is 24.0. The van der Waals surface area contributed by atoms with Crippen LogP contribution in [0.15, 0.2) is 97.1 Å². The summed E-state index contributed by atoms with van der Waals surface area (Å²) in [5.41, 5.74) is 3.35. The molecule has 9 heteroatoms. The molecule has 0 unspecified atom stereocenters. The van der Waals surface area contributed by atoms with E-state index < -0.39 is 0 Å². The van der Waals surface area contributed by atoms with Crippen molar-refractivity contribution in [3.8, 4) is 0 Å². The van der Waals surface area contributed by atoms with E-state index in [1.165, 1.54) is 10.7 Å². The first kappa shape index (κ1) is 34.3. The third-order valence-electron chi connectivity index (χ3n) is 9.48. The van der Waals surface area contributed by atoms with E-state index in [1.807, 2.05) is 91.0 Å². The van der Waals surface area contributed by atoms with Crippen LogP contribution in [-0.2, 0) is 40.4 Å². The number of Topliss-reactive ketones (excluding diaryl/α,β-unsaturated/α-hetero) is 1. The number of carbonyl (C=O) groups is 3. The Bertz CT molecular complexity index is 1660. The van der Waals surface area contributed by atoms with Crippen molar-refractivity contribution in [3.05, 3.63) is 125 Å². The van der Waals surface area contributed by atoms with Crippen LogP contribution in [0.1, 0.15) is 89.0 Å². The Kier molecular flexibility index (Phi) is 12.0. The summed E-state index contributed by atoms with van der Waals surface area (Å²) < 4.78 is 13.9. The van der Waals surface area contributed by atoms with E-state index in [0.717, 1.165) is 68.1 Å². The van der Waals surface area contributed by atoms with E-state index >= 15 is 0 Å². The lowest BCUT2D eigenvalue weighted by atomic mass is 9.92. The smallest absolute Gasteiger partial charge is 0.269 e. The van der Waals surface area contributed by atoms with Gasteiger partial charge in [-0.1, -0.05) is 117 Å². The van der Waals surface area contributed by atoms with E-state index in [1.54, 1.807) is 0 Å². The fraction of sp³-hybridized carbons (Fsp3) is 0.400. The lowest BCUT2D eigenvalue weighted by molar-refractivity contribution is -0.124. The van der Waals surface area contributed by atoms with E-state index in [9.17, 15) is 14.4 Å². The number of rotatable bonds is 14. The molecule has 6 rings (SSSR count). The molecule has 9 nitrogen and oxygen atoms in total. The van der Waals surface area contributed by atoms with Gasteiger partial charge in [0, 0.05) is 12.5 Å². The zero-order valence-electron chi connectivity index (χ0n) is 28.0. The Morgan fingerprint density at radius 1 is 0.653 bits per heavy atom. The second-order valence-corrected chi connectivity index (χ2v) is 13.2. The summed E-state index contributed by atoms with van der Waals surface area (Å²) in [6.45, 7) is 0.749. The van der Waals surface area contributed by atoms with Gasteiger partial charge in [-0.3, -0.25) is 14.4 Å². The van der Waals surface area contributed by atoms with Crippen molar-refractivity contribution in [2.24, 2.45) is 0 Å². The SMILES string of the molecule is O=C(Cn1nc(C(=O)Cc2ccccc2)cc1C(=O)N[C@H]1CCCC[C@@H]1OCc1ccccc1)N[C@H]1CCCC[C@@H]1OCc1ccccc1. The van der Waals surface area contributed by atoms with Gasteiger partial charge in [0.15, 0.2) is 5.78 Å². The van der Waals surface area contributed by atoms with Crippen molar-refractivity contribution in [1.82, 2.24) is 20.4 Å². The van der Waals surface area contributed by atoms with Crippen molar-refractivity contribution in [2.45, 2.75) is 102 Å². The van der Waals surface area contributed by atoms with Gasteiger partial charge in [-0.25, -0.2) is 4.68 Å². The van der Waals surface area contributed by atoms with Crippen LogP contribution < -0.4 is 10.6 Å². The van der Waals surface area contributed by atoms with Crippen LogP contribution in [0.2, 0.25) is 0 Å². The summed E-state index contributed by atoms with van der Waals surface area (Å²) in [4.78, 5) is 40.8. The predicted molar refractivity (Wildman–Crippen MR) is 187 cm³/mol. The van der Waals surface area contributed by atoms with E-state index in [4.69, 9.17) is 9.47 Å². The number of ketones is 1. The summed E-state index contributed by atoms with van der Waals surface area (Å²) in [6.07, 6.45) is 7.23. The second-order valence-electron chi connectivity index (χ2n) is 13.2. The largest absolute Gasteiger partial charge is 0.371 e. The number of aromatic nitrogens is 2. The zero-order valence-corrected chi connectivity index (χ0v) is 28.0. The number of benzene rings is 3. The first-order valence-electron chi connectivity index (χ1n) is 17.6. The van der Waals surface area contributed by atoms with Crippen LogP contribution in [0.5, 0.6) is 0 Å². The highest BCUT2D eigenvalue weighted by Crippen LogP contribution is 2.24. The fourth-order valence-corrected chi connectivity index (χ4v) is 6.84. The number of nitrogens with zero attached hydrogens (tertiary/aromatic N) is 2. The van der Waals surface area contributed by atoms with E-state index in [-0.39, 0.29) is 66.2 Å². The molecule has 256 valence electrons. The van der Waals surface area contributed by atoms with Crippen LogP contribution in [0.4, 0.5) is 0 Å². The molecule has 49 heavy (non-hydrogen) atoms. The molecule has 0 bridgehead atoms. The summed E-state index contributed by atoms with van der Waals surface area (Å²) in [6, 6.07) is 30.6. The van der Waals surface area contributed by atoms with Crippen molar-refractivity contribution in [2.75, 3.05) is 0 Å². The highest BCUT2D eigenvalue weighted by Gasteiger charge is 2.31. The molecule has 2 aliphatic rings. The number of amides is 2. The molecule has 2 aliphatic carbocycles. The van der Waals surface area contributed by atoms with Crippen LogP contribution in [0, 0.1) is 0 Å². The first-order valence-corrected chi connectivity index (χ1v) is 17.6. The molecule has 2 fully saturated rings. The lowest BCUT2D eigenvalue weighted by Crippen LogP contribution is -2.48. The van der Waals surface area contributed by atoms with Crippen LogP contribution in [0.25, 0.3) is 0 Å². The number of hydrogen-bond acceptors (Lipinski definition) is 6. The van der Waals surface area contributed by atoms with Gasteiger partial charge in [-0.05, 0) is 42.4 Å². The van der Waals surface area contributed by atoms with Crippen LogP contribution in [0.3, 0.4) is 0 Å². The van der Waals surface area contributed by atoms with Gasteiger partial charge in [0.05, 0.1) is 37.5 Å². The normalized spacial score (nSPS) is 20.7. The van der Waals surface area contributed by atoms with E-state index in [0.29, 0.717) is 13.2 Å². The molecule has 0 saturated heterocycles. The maximum atomic E-state index is 13.9. The van der Waals surface area contributed by atoms with Gasteiger partial charge < -0.3 is 20.1 Å². The van der Waals surface area contributed by atoms with Crippen LogP contribution >= 0.6 is 0 Å². The van der Waals surface area contributed by atoms with Gasteiger partial charge in [-0.15, -0.1) is 0 Å². The zero-order chi connectivity index (χ0) is 33.8. The molecular formula is C40H46N4O5. The van der Waals surface area contributed by atoms with Gasteiger partial charge in [0.25, 0.3) is 5.91 Å². The number of hydrogen-bond donors (Lipinski definition) is 2. The van der Waals surface area contributed by atoms with Gasteiger partial charge >= 0.3 is 0 Å². The standard InChI is InChI=1S/C40H46N4O5/c45-36(24-29-14-4-1-5-15-29)34-25-35(40(47)42-33-21-11-13-23-38(33)49-28-31-18-8-3-9-19-31)44(43-34)26-39(46)41-32-20-10-12-22-37(32)48-27-30-16-6-2-7-17-30/h1-9,14-19,25,32-33,37-38H,10-13,20-24,26-28H2,(H,41,46)(H,42,47)/t32-,33-,37-,38-/m0/s1. The van der Waals surface area contributed by atoms with Gasteiger partial charge in [-0.2, -0.15) is 5.10 Å². The van der Waals surface area contributed by atoms with Crippen LogP contribution in [-0.4, -0.2) is 51.7 Å². The molecule has 3 aromatic carbocycles. The summed E-state index contributed by atoms with van der Waals surface area (Å²) >= 11 is 0. The Morgan fingerprint density at radius 2 is 1.14 bits per heavy atom. The molecular weight excluding hydrogens is 616 g/mol. The predicted octanol–water partition coefficient (Wildman–Crippen LogP) is 6.21. The molecule has 2 saturated carbocycles. The molecule has 0 spiro atoms. The molecule has 4 aromatic rings. The fourth-order valence-electron chi connectivity index (χ4n) is 6.84. The molecule has 1 aromatic heterocycles. The van der Waals surface area contributed by atoms with Crippen molar-refractivity contribution in [1.29, 1.82) is 0 Å². The van der Waals surface area contributed by atoms with Crippen molar-refractivity contribution in [3.63, 3.8) is 0 Å². The van der Waals surface area contributed by atoms with Gasteiger partial charge in [0.1, 0.15) is 17.9 Å². The minimum atomic E-state index is -0.374. The lowest BCUT2D eigenvalue weighted by Gasteiger charge is -2.32. The molecule has 2 N–H and O–H groups in total. The van der Waals surface area contributed by atoms with Crippen molar-refractivity contribution >= 4 is 17.6 Å². The minimum absolute atomic E-state index is 0.111. The molecule has 4 atom stereocenters. The maximum Gasteiger partial charge on any atom is 0.269 e. The third kappa shape index (κ3) is 9.74. The Morgan fingerprint density at radius 3 is 1.69 bits per heavy atom. The van der Waals surface area contributed by atoms with Crippen molar-refractivity contribution < 1.29 is 23.9 Å². The minimum Gasteiger partial charge on any atom is -0.371 e. The molecule has 2 amide bonds. The average molecular weight is 663 g/mol. The monoisotopic (exact) mass is 662 g/mol. The highest BCUT2D eigenvalue weighted by molar-refractivity contribution is 6.00.